The number of aromatic nitrogens is 4. The molecule has 1 aliphatic rings. The lowest BCUT2D eigenvalue weighted by molar-refractivity contribution is -0.135. The smallest absolute Gasteiger partial charge is 0.249 e. The van der Waals surface area contributed by atoms with E-state index in [1.165, 1.54) is 0 Å². The van der Waals surface area contributed by atoms with Crippen molar-refractivity contribution in [2.75, 3.05) is 0 Å². The van der Waals surface area contributed by atoms with E-state index in [1.807, 2.05) is 18.5 Å². The molecule has 3 rings (SSSR count). The molecule has 0 bridgehead atoms. The van der Waals surface area contributed by atoms with Crippen molar-refractivity contribution < 1.29 is 9.59 Å². The molecule has 3 heterocycles. The first kappa shape index (κ1) is 14.1. The molecule has 21 heavy (non-hydrogen) atoms. The first-order chi connectivity index (χ1) is 10.1. The Morgan fingerprint density at radius 2 is 2.19 bits per heavy atom. The molecule has 0 aliphatic carbocycles. The maximum atomic E-state index is 12.1. The molecule has 1 N–H and O–H groups in total. The van der Waals surface area contributed by atoms with Gasteiger partial charge in [0.05, 0.1) is 11.6 Å². The van der Waals surface area contributed by atoms with E-state index in [-0.39, 0.29) is 17.7 Å². The molecule has 8 heteroatoms. The Morgan fingerprint density at radius 1 is 1.43 bits per heavy atom. The van der Waals surface area contributed by atoms with Crippen molar-refractivity contribution in [1.29, 1.82) is 0 Å². The summed E-state index contributed by atoms with van der Waals surface area (Å²) in [6.07, 6.45) is 1.52. The van der Waals surface area contributed by atoms with Crippen molar-refractivity contribution >= 4 is 34.6 Å². The van der Waals surface area contributed by atoms with Crippen LogP contribution in [-0.2, 0) is 28.9 Å². The standard InChI is InChI=1S/C13H16ClN5O2/c1-3-7-11-13(18(2)17-7)19(9(6-14)15-11)8-4-5-10(20)16-12(8)21/h8H,3-6H2,1-2H3,(H,16,20,21). The minimum atomic E-state index is -0.471. The summed E-state index contributed by atoms with van der Waals surface area (Å²) in [7, 11) is 1.82. The molecule has 0 spiro atoms. The van der Waals surface area contributed by atoms with Crippen LogP contribution in [0.25, 0.3) is 11.2 Å². The van der Waals surface area contributed by atoms with Crippen LogP contribution in [-0.4, -0.2) is 31.1 Å². The Balaban J connectivity index is 2.18. The molecule has 1 fully saturated rings. The van der Waals surface area contributed by atoms with Gasteiger partial charge in [0.15, 0.2) is 5.65 Å². The van der Waals surface area contributed by atoms with Crippen LogP contribution in [0.1, 0.15) is 37.3 Å². The third-order valence-corrected chi connectivity index (χ3v) is 4.02. The van der Waals surface area contributed by atoms with E-state index in [4.69, 9.17) is 11.6 Å². The van der Waals surface area contributed by atoms with Crippen LogP contribution in [0.15, 0.2) is 0 Å². The number of halogens is 1. The SMILES string of the molecule is CCc1nn(C)c2c1nc(CCl)n2C1CCC(=O)NC1=O. The maximum Gasteiger partial charge on any atom is 0.249 e. The van der Waals surface area contributed by atoms with Gasteiger partial charge in [-0.2, -0.15) is 5.10 Å². The highest BCUT2D eigenvalue weighted by atomic mass is 35.5. The summed E-state index contributed by atoms with van der Waals surface area (Å²) >= 11 is 5.99. The first-order valence-electron chi connectivity index (χ1n) is 6.89. The van der Waals surface area contributed by atoms with Gasteiger partial charge < -0.3 is 0 Å². The monoisotopic (exact) mass is 309 g/mol. The lowest BCUT2D eigenvalue weighted by Crippen LogP contribution is -2.42. The van der Waals surface area contributed by atoms with Gasteiger partial charge in [0.1, 0.15) is 17.4 Å². The van der Waals surface area contributed by atoms with Crippen LogP contribution < -0.4 is 5.32 Å². The zero-order valence-electron chi connectivity index (χ0n) is 11.9. The second-order valence-electron chi connectivity index (χ2n) is 5.09. The van der Waals surface area contributed by atoms with Crippen LogP contribution in [0.2, 0.25) is 0 Å². The fraction of sp³-hybridized carbons (Fsp3) is 0.538. The summed E-state index contributed by atoms with van der Waals surface area (Å²) in [4.78, 5) is 28.0. The zero-order valence-corrected chi connectivity index (χ0v) is 12.6. The Labute approximate surface area is 126 Å². The van der Waals surface area contributed by atoms with Crippen LogP contribution in [0.4, 0.5) is 0 Å². The number of nitrogens with one attached hydrogen (secondary N) is 1. The Kier molecular flexibility index (Phi) is 3.44. The maximum absolute atomic E-state index is 12.1. The highest BCUT2D eigenvalue weighted by molar-refractivity contribution is 6.17. The topological polar surface area (TPSA) is 81.8 Å². The van der Waals surface area contributed by atoms with E-state index in [0.29, 0.717) is 18.7 Å². The Morgan fingerprint density at radius 3 is 2.81 bits per heavy atom. The van der Waals surface area contributed by atoms with Crippen molar-refractivity contribution in [1.82, 2.24) is 24.6 Å². The number of imidazole rings is 1. The van der Waals surface area contributed by atoms with Gasteiger partial charge in [0.25, 0.3) is 0 Å². The fourth-order valence-electron chi connectivity index (χ4n) is 2.84. The molecule has 2 aromatic heterocycles. The number of hydrogen-bond donors (Lipinski definition) is 1. The minimum absolute atomic E-state index is 0.204. The molecule has 7 nitrogen and oxygen atoms in total. The van der Waals surface area contributed by atoms with E-state index in [0.717, 1.165) is 23.3 Å². The van der Waals surface area contributed by atoms with Crippen LogP contribution in [0.3, 0.4) is 0 Å². The largest absolute Gasteiger partial charge is 0.299 e. The summed E-state index contributed by atoms with van der Waals surface area (Å²) in [5.74, 6) is 0.287. The molecular weight excluding hydrogens is 294 g/mol. The fourth-order valence-corrected chi connectivity index (χ4v) is 3.02. The Hall–Kier alpha value is -1.89. The molecule has 2 amide bonds. The predicted molar refractivity (Wildman–Crippen MR) is 76.9 cm³/mol. The molecule has 0 radical (unpaired) electrons. The second kappa shape index (κ2) is 5.14. The summed E-state index contributed by atoms with van der Waals surface area (Å²) < 4.78 is 3.54. The minimum Gasteiger partial charge on any atom is -0.299 e. The van der Waals surface area contributed by atoms with Gasteiger partial charge in [-0.05, 0) is 12.8 Å². The summed E-state index contributed by atoms with van der Waals surface area (Å²) in [5, 5.41) is 6.81. The number of imide groups is 1. The molecule has 1 atom stereocenters. The Bertz CT molecular complexity index is 733. The third-order valence-electron chi connectivity index (χ3n) is 3.79. The van der Waals surface area contributed by atoms with Gasteiger partial charge in [0, 0.05) is 13.5 Å². The highest BCUT2D eigenvalue weighted by Crippen LogP contribution is 2.28. The third kappa shape index (κ3) is 2.12. The molecule has 1 unspecified atom stereocenters. The average molecular weight is 310 g/mol. The lowest BCUT2D eigenvalue weighted by atomic mass is 10.1. The zero-order chi connectivity index (χ0) is 15.1. The highest BCUT2D eigenvalue weighted by Gasteiger charge is 2.32. The quantitative estimate of drug-likeness (QED) is 0.678. The molecular formula is C13H16ClN5O2. The van der Waals surface area contributed by atoms with Crippen molar-refractivity contribution in [3.05, 3.63) is 11.5 Å². The van der Waals surface area contributed by atoms with Crippen LogP contribution in [0.5, 0.6) is 0 Å². The number of carbonyl (C=O) groups is 2. The number of hydrogen-bond acceptors (Lipinski definition) is 4. The number of alkyl halides is 1. The second-order valence-corrected chi connectivity index (χ2v) is 5.36. The lowest BCUT2D eigenvalue weighted by Gasteiger charge is -2.23. The van der Waals surface area contributed by atoms with Crippen molar-refractivity contribution in [3.8, 4) is 0 Å². The van der Waals surface area contributed by atoms with Crippen LogP contribution >= 0.6 is 11.6 Å². The molecule has 112 valence electrons. The van der Waals surface area contributed by atoms with Gasteiger partial charge in [-0.3, -0.25) is 24.2 Å². The molecule has 0 aromatic carbocycles. The van der Waals surface area contributed by atoms with E-state index in [1.54, 1.807) is 4.68 Å². The van der Waals surface area contributed by atoms with Gasteiger partial charge in [-0.1, -0.05) is 6.92 Å². The molecule has 0 saturated carbocycles. The number of aryl methyl sites for hydroxylation is 2. The molecule has 1 aliphatic heterocycles. The van der Waals surface area contributed by atoms with E-state index < -0.39 is 6.04 Å². The van der Waals surface area contributed by atoms with E-state index >= 15 is 0 Å². The van der Waals surface area contributed by atoms with E-state index in [2.05, 4.69) is 15.4 Å². The number of nitrogens with zero attached hydrogens (tertiary/aromatic N) is 4. The molecule has 2 aromatic rings. The number of amides is 2. The van der Waals surface area contributed by atoms with Gasteiger partial charge in [-0.25, -0.2) is 4.98 Å². The van der Waals surface area contributed by atoms with Crippen molar-refractivity contribution in [2.45, 2.75) is 38.1 Å². The van der Waals surface area contributed by atoms with Gasteiger partial charge in [-0.15, -0.1) is 11.6 Å². The number of rotatable bonds is 3. The number of fused-ring (bicyclic) bond motifs is 1. The normalized spacial score (nSPS) is 19.3. The van der Waals surface area contributed by atoms with Crippen molar-refractivity contribution in [2.24, 2.45) is 7.05 Å². The average Bonchev–Trinajstić information content (AvgIpc) is 2.97. The predicted octanol–water partition coefficient (Wildman–Crippen LogP) is 1.05. The van der Waals surface area contributed by atoms with Gasteiger partial charge >= 0.3 is 0 Å². The summed E-state index contributed by atoms with van der Waals surface area (Å²) in [6, 6.07) is -0.471. The van der Waals surface area contributed by atoms with Gasteiger partial charge in [0.2, 0.25) is 11.8 Å². The number of carbonyl (C=O) groups excluding carboxylic acids is 2. The van der Waals surface area contributed by atoms with Crippen LogP contribution in [0, 0.1) is 0 Å². The summed E-state index contributed by atoms with van der Waals surface area (Å²) in [6.45, 7) is 2.01. The first-order valence-corrected chi connectivity index (χ1v) is 7.42. The number of piperidine rings is 1. The summed E-state index contributed by atoms with van der Waals surface area (Å²) in [5.41, 5.74) is 2.43. The van der Waals surface area contributed by atoms with E-state index in [9.17, 15) is 9.59 Å². The molecule has 1 saturated heterocycles. The van der Waals surface area contributed by atoms with Crippen molar-refractivity contribution in [3.63, 3.8) is 0 Å².